The maximum absolute atomic E-state index is 13.4. The van der Waals surface area contributed by atoms with Crippen LogP contribution in [0.15, 0.2) is 48.6 Å². The van der Waals surface area contributed by atoms with E-state index >= 15 is 0 Å². The summed E-state index contributed by atoms with van der Waals surface area (Å²) in [7, 11) is -3.85. The van der Waals surface area contributed by atoms with E-state index in [0.717, 1.165) is 62.2 Å². The van der Waals surface area contributed by atoms with Crippen LogP contribution in [0.3, 0.4) is 0 Å². The van der Waals surface area contributed by atoms with Gasteiger partial charge in [-0.3, -0.25) is 4.79 Å². The largest absolute Gasteiger partial charge is 0.490 e. The van der Waals surface area contributed by atoms with Gasteiger partial charge >= 0.3 is 0 Å². The SMILES string of the molecule is O=C1NS(=O)(=O)[C@@H]2CCC[C@H](/C=C/[C@H](O)[C@@H]3CC[C@H]3CN3C[C@@]4(CCCc5cc(Cl)ccc54)COc4ccc1cc43)C2. The molecule has 0 saturated heterocycles. The Balaban J connectivity index is 1.30. The molecule has 6 atom stereocenters. The number of carbonyl (C=O) groups is 1. The van der Waals surface area contributed by atoms with E-state index in [1.807, 2.05) is 24.3 Å². The van der Waals surface area contributed by atoms with Gasteiger partial charge in [0, 0.05) is 29.1 Å². The smallest absolute Gasteiger partial charge is 0.264 e. The summed E-state index contributed by atoms with van der Waals surface area (Å²) in [4.78, 5) is 15.7. The second kappa shape index (κ2) is 10.9. The Morgan fingerprint density at radius 2 is 1.93 bits per heavy atom. The number of sulfonamides is 1. The highest BCUT2D eigenvalue weighted by atomic mass is 35.5. The minimum Gasteiger partial charge on any atom is -0.490 e. The normalized spacial score (nSPS) is 34.6. The Bertz CT molecular complexity index is 1530. The van der Waals surface area contributed by atoms with Gasteiger partial charge in [-0.25, -0.2) is 13.1 Å². The van der Waals surface area contributed by atoms with E-state index in [0.29, 0.717) is 43.2 Å². The molecule has 2 heterocycles. The lowest BCUT2D eigenvalue weighted by Gasteiger charge is -2.45. The van der Waals surface area contributed by atoms with Gasteiger partial charge in [0.2, 0.25) is 10.0 Å². The van der Waals surface area contributed by atoms with E-state index in [1.165, 1.54) is 11.1 Å². The third kappa shape index (κ3) is 5.13. The number of amides is 1. The van der Waals surface area contributed by atoms with Crippen molar-refractivity contribution in [2.24, 2.45) is 17.8 Å². The number of halogens is 1. The minimum absolute atomic E-state index is 0.0740. The molecule has 42 heavy (non-hydrogen) atoms. The zero-order valence-electron chi connectivity index (χ0n) is 23.8. The number of aryl methyl sites for hydroxylation is 1. The Hall–Kier alpha value is -2.55. The summed E-state index contributed by atoms with van der Waals surface area (Å²) in [6.45, 7) is 1.94. The van der Waals surface area contributed by atoms with Crippen LogP contribution in [-0.2, 0) is 21.9 Å². The van der Waals surface area contributed by atoms with E-state index in [1.54, 1.807) is 12.1 Å². The molecule has 2 N–H and O–H groups in total. The molecule has 7 nitrogen and oxygen atoms in total. The molecule has 4 bridgehead atoms. The zero-order valence-corrected chi connectivity index (χ0v) is 25.4. The third-order valence-electron chi connectivity index (χ3n) is 10.6. The second-order valence-corrected chi connectivity index (χ2v) is 15.6. The molecule has 0 unspecified atom stereocenters. The van der Waals surface area contributed by atoms with Gasteiger partial charge in [0.15, 0.2) is 0 Å². The Kier molecular flexibility index (Phi) is 7.30. The lowest BCUT2D eigenvalue weighted by Crippen LogP contribution is -2.49. The molecule has 1 amide bonds. The Morgan fingerprint density at radius 1 is 1.05 bits per heavy atom. The molecule has 0 radical (unpaired) electrons. The summed E-state index contributed by atoms with van der Waals surface area (Å²) >= 11 is 6.39. The number of aliphatic hydroxyl groups is 1. The van der Waals surface area contributed by atoms with Crippen molar-refractivity contribution in [2.45, 2.75) is 74.6 Å². The van der Waals surface area contributed by atoms with Gasteiger partial charge in [-0.15, -0.1) is 0 Å². The molecule has 2 aromatic carbocycles. The fourth-order valence-corrected chi connectivity index (χ4v) is 9.85. The summed E-state index contributed by atoms with van der Waals surface area (Å²) in [6, 6.07) is 11.5. The van der Waals surface area contributed by atoms with Gasteiger partial charge in [0.05, 0.1) is 23.6 Å². The molecule has 3 aliphatic carbocycles. The van der Waals surface area contributed by atoms with Crippen LogP contribution in [0.4, 0.5) is 5.69 Å². The van der Waals surface area contributed by atoms with Gasteiger partial charge in [-0.1, -0.05) is 36.2 Å². The van der Waals surface area contributed by atoms with Crippen LogP contribution < -0.4 is 14.4 Å². The summed E-state index contributed by atoms with van der Waals surface area (Å²) < 4.78 is 35.6. The quantitative estimate of drug-likeness (QED) is 0.389. The maximum Gasteiger partial charge on any atom is 0.264 e. The van der Waals surface area contributed by atoms with Crippen molar-refractivity contribution in [3.05, 3.63) is 70.3 Å². The van der Waals surface area contributed by atoms with E-state index in [4.69, 9.17) is 16.3 Å². The van der Waals surface area contributed by atoms with E-state index in [2.05, 4.69) is 21.8 Å². The van der Waals surface area contributed by atoms with Crippen molar-refractivity contribution in [3.63, 3.8) is 0 Å². The van der Waals surface area contributed by atoms with Crippen LogP contribution in [0.25, 0.3) is 0 Å². The maximum atomic E-state index is 13.4. The first kappa shape index (κ1) is 28.2. The fourth-order valence-electron chi connectivity index (χ4n) is 8.13. The Labute approximate surface area is 253 Å². The molecule has 2 aliphatic heterocycles. The van der Waals surface area contributed by atoms with E-state index < -0.39 is 27.3 Å². The molecule has 9 heteroatoms. The highest BCUT2D eigenvalue weighted by Gasteiger charge is 2.44. The van der Waals surface area contributed by atoms with Crippen LogP contribution in [0, 0.1) is 17.8 Å². The number of carbonyl (C=O) groups excluding carboxylic acids is 1. The number of fused-ring (bicyclic) bond motifs is 6. The number of nitrogens with zero attached hydrogens (tertiary/aromatic N) is 1. The highest BCUT2D eigenvalue weighted by Crippen LogP contribution is 2.47. The number of hydrogen-bond acceptors (Lipinski definition) is 6. The number of aliphatic hydroxyl groups excluding tert-OH is 1. The highest BCUT2D eigenvalue weighted by molar-refractivity contribution is 7.90. The van der Waals surface area contributed by atoms with Crippen molar-refractivity contribution >= 4 is 33.2 Å². The van der Waals surface area contributed by atoms with Gasteiger partial charge in [-0.05, 0) is 111 Å². The predicted molar refractivity (Wildman–Crippen MR) is 164 cm³/mol. The van der Waals surface area contributed by atoms with Gasteiger partial charge in [-0.2, -0.15) is 0 Å². The number of rotatable bonds is 0. The molecule has 0 aromatic heterocycles. The van der Waals surface area contributed by atoms with Crippen molar-refractivity contribution in [1.82, 2.24) is 4.72 Å². The number of ether oxygens (including phenoxy) is 1. The lowest BCUT2D eigenvalue weighted by atomic mass is 9.68. The molecule has 7 rings (SSSR count). The fraction of sp³-hybridized carbons (Fsp3) is 0.545. The average Bonchev–Trinajstić information content (AvgIpc) is 3.10. The standard InChI is InChI=1S/C33H39ClN2O5S/c34-25-9-11-28-22(16-25)4-2-14-33(28)19-36-18-24-7-10-27(24)30(37)12-6-21-3-1-5-26(15-21)42(39,40)35-32(38)23-8-13-31(41-20-33)29(36)17-23/h6,8-9,11-13,16-17,21,24,26-27,30,37H,1-5,7,10,14-15,18-20H2,(H,35,38)/b12-6+/t21-,24+,26-,27-,30+,33+/m1/s1. The number of benzene rings is 2. The van der Waals surface area contributed by atoms with Crippen LogP contribution in [0.2, 0.25) is 5.02 Å². The monoisotopic (exact) mass is 610 g/mol. The van der Waals surface area contributed by atoms with Gasteiger partial charge in [0.1, 0.15) is 5.75 Å². The first-order chi connectivity index (χ1) is 20.2. The van der Waals surface area contributed by atoms with Gasteiger partial charge in [0.25, 0.3) is 5.91 Å². The molecule has 2 saturated carbocycles. The second-order valence-electron chi connectivity index (χ2n) is 13.2. The van der Waals surface area contributed by atoms with Crippen molar-refractivity contribution < 1.29 is 23.1 Å². The van der Waals surface area contributed by atoms with E-state index in [9.17, 15) is 18.3 Å². The molecule has 2 aromatic rings. The number of allylic oxidation sites excluding steroid dienone is 1. The number of hydrogen-bond donors (Lipinski definition) is 2. The van der Waals surface area contributed by atoms with E-state index in [-0.39, 0.29) is 17.3 Å². The minimum atomic E-state index is -3.85. The summed E-state index contributed by atoms with van der Waals surface area (Å²) in [5.41, 5.74) is 3.39. The molecule has 1 spiro atoms. The van der Waals surface area contributed by atoms with Crippen LogP contribution in [0.5, 0.6) is 5.75 Å². The average molecular weight is 611 g/mol. The van der Waals surface area contributed by atoms with Gasteiger partial charge < -0.3 is 14.7 Å². The molecule has 224 valence electrons. The van der Waals surface area contributed by atoms with Crippen LogP contribution in [-0.4, -0.2) is 50.5 Å². The molecule has 2 fully saturated rings. The Morgan fingerprint density at radius 3 is 2.76 bits per heavy atom. The first-order valence-corrected chi connectivity index (χ1v) is 17.4. The summed E-state index contributed by atoms with van der Waals surface area (Å²) in [5, 5.41) is 11.4. The predicted octanol–water partition coefficient (Wildman–Crippen LogP) is 5.39. The molecular weight excluding hydrogens is 572 g/mol. The summed E-state index contributed by atoms with van der Waals surface area (Å²) in [5.74, 6) is 0.608. The zero-order chi connectivity index (χ0) is 29.1. The number of nitrogens with one attached hydrogen (secondary N) is 1. The lowest BCUT2D eigenvalue weighted by molar-refractivity contribution is 0.0453. The van der Waals surface area contributed by atoms with Crippen LogP contribution in [0.1, 0.15) is 72.9 Å². The topological polar surface area (TPSA) is 95.9 Å². The van der Waals surface area contributed by atoms with Crippen molar-refractivity contribution in [3.8, 4) is 5.75 Å². The van der Waals surface area contributed by atoms with Crippen LogP contribution >= 0.6 is 11.6 Å². The molecular formula is C33H39ClN2O5S. The third-order valence-corrected chi connectivity index (χ3v) is 12.6. The first-order valence-electron chi connectivity index (χ1n) is 15.4. The number of anilines is 1. The molecule has 5 aliphatic rings. The van der Waals surface area contributed by atoms with Crippen molar-refractivity contribution in [1.29, 1.82) is 0 Å². The van der Waals surface area contributed by atoms with Crippen molar-refractivity contribution in [2.75, 3.05) is 24.6 Å². The summed E-state index contributed by atoms with van der Waals surface area (Å²) in [6.07, 6.45) is 11.0.